The van der Waals surface area contributed by atoms with E-state index in [0.29, 0.717) is 0 Å². The molecule has 0 N–H and O–H groups in total. The van der Waals surface area contributed by atoms with Crippen LogP contribution < -0.4 is 0 Å². The summed E-state index contributed by atoms with van der Waals surface area (Å²) in [6, 6.07) is 6.93. The van der Waals surface area contributed by atoms with E-state index in [2.05, 4.69) is 6.92 Å². The molecule has 1 atom stereocenters. The highest BCUT2D eigenvalue weighted by molar-refractivity contribution is 6.15. The van der Waals surface area contributed by atoms with Gasteiger partial charge in [0.05, 0.1) is 6.61 Å². The van der Waals surface area contributed by atoms with E-state index in [1.165, 1.54) is 32.1 Å². The second-order valence-corrected chi connectivity index (χ2v) is 8.93. The number of unbranched alkanes of at least 4 members (excludes halogenated alkanes) is 7. The van der Waals surface area contributed by atoms with Crippen molar-refractivity contribution in [1.29, 1.82) is 0 Å². The van der Waals surface area contributed by atoms with Gasteiger partial charge in [0.2, 0.25) is 11.8 Å². The number of rotatable bonds is 14. The molecule has 0 radical (unpaired) electrons. The number of nitrogens with zero attached hydrogens (tertiary/aromatic N) is 2. The Kier molecular flexibility index (Phi) is 11.1. The minimum Gasteiger partial charge on any atom is -0.464 e. The number of carbonyl (C=O) groups is 4. The van der Waals surface area contributed by atoms with E-state index < -0.39 is 42.3 Å². The van der Waals surface area contributed by atoms with Crippen LogP contribution in [-0.4, -0.2) is 52.3 Å². The standard InChI is InChI=1S/C26H38N2O5/c1-4-5-6-7-8-9-10-14-17-33-25(31)22(18-21-15-12-11-13-16-21)28-24(30)19-23(29)27(20(2)3)26(28)32/h11-13,15-16,20,22H,4-10,14,17-19H2,1-3H3. The van der Waals surface area contributed by atoms with Crippen LogP contribution in [0, 0.1) is 0 Å². The first-order valence-corrected chi connectivity index (χ1v) is 12.3. The monoisotopic (exact) mass is 458 g/mol. The van der Waals surface area contributed by atoms with Crippen LogP contribution in [0.3, 0.4) is 0 Å². The molecule has 1 aliphatic heterocycles. The molecule has 0 aliphatic carbocycles. The molecule has 7 heteroatoms. The summed E-state index contributed by atoms with van der Waals surface area (Å²) in [6.07, 6.45) is 8.71. The van der Waals surface area contributed by atoms with Gasteiger partial charge in [0.15, 0.2) is 0 Å². The largest absolute Gasteiger partial charge is 0.464 e. The van der Waals surface area contributed by atoms with Crippen molar-refractivity contribution in [3.63, 3.8) is 0 Å². The number of ether oxygens (including phenoxy) is 1. The van der Waals surface area contributed by atoms with Crippen LogP contribution in [0.4, 0.5) is 4.79 Å². The molecule has 33 heavy (non-hydrogen) atoms. The summed E-state index contributed by atoms with van der Waals surface area (Å²) in [5, 5.41) is 0. The van der Waals surface area contributed by atoms with Crippen molar-refractivity contribution in [3.05, 3.63) is 35.9 Å². The van der Waals surface area contributed by atoms with Gasteiger partial charge in [0.25, 0.3) is 0 Å². The van der Waals surface area contributed by atoms with Gasteiger partial charge >= 0.3 is 12.0 Å². The van der Waals surface area contributed by atoms with Gasteiger partial charge in [-0.15, -0.1) is 0 Å². The van der Waals surface area contributed by atoms with Gasteiger partial charge in [-0.2, -0.15) is 0 Å². The van der Waals surface area contributed by atoms with Crippen molar-refractivity contribution in [2.45, 2.75) is 97.1 Å². The summed E-state index contributed by atoms with van der Waals surface area (Å²) in [5.74, 6) is -1.81. The molecule has 1 unspecified atom stereocenters. The fourth-order valence-corrected chi connectivity index (χ4v) is 4.07. The third kappa shape index (κ3) is 7.98. The third-order valence-corrected chi connectivity index (χ3v) is 5.87. The van der Waals surface area contributed by atoms with E-state index in [1.54, 1.807) is 13.8 Å². The number of imide groups is 2. The van der Waals surface area contributed by atoms with E-state index >= 15 is 0 Å². The van der Waals surface area contributed by atoms with Crippen LogP contribution in [0.25, 0.3) is 0 Å². The summed E-state index contributed by atoms with van der Waals surface area (Å²) in [4.78, 5) is 53.0. The van der Waals surface area contributed by atoms with Crippen LogP contribution in [0.15, 0.2) is 30.3 Å². The minimum absolute atomic E-state index is 0.148. The van der Waals surface area contributed by atoms with Crippen LogP contribution in [0.2, 0.25) is 0 Å². The normalized spacial score (nSPS) is 15.3. The fourth-order valence-electron chi connectivity index (χ4n) is 4.07. The van der Waals surface area contributed by atoms with E-state index in [4.69, 9.17) is 4.74 Å². The molecule has 1 aromatic carbocycles. The van der Waals surface area contributed by atoms with Crippen molar-refractivity contribution in [1.82, 2.24) is 9.80 Å². The second kappa shape index (κ2) is 13.8. The Morgan fingerprint density at radius 2 is 1.45 bits per heavy atom. The molecule has 1 heterocycles. The summed E-state index contributed by atoms with van der Waals surface area (Å²) in [7, 11) is 0. The SMILES string of the molecule is CCCCCCCCCCOC(=O)C(Cc1ccccc1)N1C(=O)CC(=O)N(C(C)C)C1=O. The topological polar surface area (TPSA) is 84.0 Å². The molecule has 0 aromatic heterocycles. The maximum absolute atomic E-state index is 13.0. The zero-order valence-electron chi connectivity index (χ0n) is 20.3. The lowest BCUT2D eigenvalue weighted by Crippen LogP contribution is -2.62. The van der Waals surface area contributed by atoms with Crippen LogP contribution in [0.5, 0.6) is 0 Å². The maximum Gasteiger partial charge on any atom is 0.334 e. The molecule has 1 aromatic rings. The predicted molar refractivity (Wildman–Crippen MR) is 126 cm³/mol. The van der Waals surface area contributed by atoms with Crippen LogP contribution >= 0.6 is 0 Å². The summed E-state index contributed by atoms with van der Waals surface area (Å²) in [6.45, 7) is 5.86. The van der Waals surface area contributed by atoms with Crippen LogP contribution in [-0.2, 0) is 25.5 Å². The third-order valence-electron chi connectivity index (χ3n) is 5.87. The number of benzene rings is 1. The zero-order valence-corrected chi connectivity index (χ0v) is 20.3. The van der Waals surface area contributed by atoms with Crippen molar-refractivity contribution in [2.24, 2.45) is 0 Å². The Labute approximate surface area is 197 Å². The van der Waals surface area contributed by atoms with Crippen LogP contribution in [0.1, 0.15) is 84.1 Å². The van der Waals surface area contributed by atoms with Crippen molar-refractivity contribution >= 4 is 23.8 Å². The lowest BCUT2D eigenvalue weighted by atomic mass is 10.0. The van der Waals surface area contributed by atoms with Crippen molar-refractivity contribution in [2.75, 3.05) is 6.61 Å². The average molecular weight is 459 g/mol. The number of amides is 4. The number of urea groups is 1. The average Bonchev–Trinajstić information content (AvgIpc) is 2.77. The van der Waals surface area contributed by atoms with Gasteiger partial charge in [-0.25, -0.2) is 14.5 Å². The Morgan fingerprint density at radius 1 is 0.879 bits per heavy atom. The molecule has 7 nitrogen and oxygen atoms in total. The lowest BCUT2D eigenvalue weighted by molar-refractivity contribution is -0.157. The Balaban J connectivity index is 2.01. The van der Waals surface area contributed by atoms with Gasteiger partial charge in [-0.05, 0) is 25.8 Å². The highest BCUT2D eigenvalue weighted by Crippen LogP contribution is 2.21. The second-order valence-electron chi connectivity index (χ2n) is 8.93. The van der Waals surface area contributed by atoms with Gasteiger partial charge in [0.1, 0.15) is 12.5 Å². The zero-order chi connectivity index (χ0) is 24.2. The first-order chi connectivity index (χ1) is 15.9. The molecule has 0 bridgehead atoms. The number of hydrogen-bond acceptors (Lipinski definition) is 5. The number of barbiturate groups is 1. The summed E-state index contributed by atoms with van der Waals surface area (Å²) < 4.78 is 5.51. The molecular weight excluding hydrogens is 420 g/mol. The minimum atomic E-state index is -1.10. The summed E-state index contributed by atoms with van der Waals surface area (Å²) >= 11 is 0. The molecule has 1 fully saturated rings. The first kappa shape index (κ1) is 26.6. The lowest BCUT2D eigenvalue weighted by Gasteiger charge is -2.38. The quantitative estimate of drug-likeness (QED) is 0.226. The van der Waals surface area contributed by atoms with Gasteiger partial charge < -0.3 is 4.74 Å². The van der Waals surface area contributed by atoms with Crippen molar-refractivity contribution in [3.8, 4) is 0 Å². The van der Waals surface area contributed by atoms with Gasteiger partial charge in [-0.1, -0.05) is 82.2 Å². The molecule has 1 aliphatic rings. The maximum atomic E-state index is 13.0. The summed E-state index contributed by atoms with van der Waals surface area (Å²) in [5.41, 5.74) is 0.806. The first-order valence-electron chi connectivity index (χ1n) is 12.3. The van der Waals surface area contributed by atoms with Gasteiger partial charge in [0, 0.05) is 12.5 Å². The number of carbonyl (C=O) groups excluding carboxylic acids is 4. The Bertz CT molecular complexity index is 793. The van der Waals surface area contributed by atoms with E-state index in [1.807, 2.05) is 30.3 Å². The molecule has 182 valence electrons. The Hall–Kier alpha value is -2.70. The molecule has 0 spiro atoms. The van der Waals surface area contributed by atoms with E-state index in [-0.39, 0.29) is 13.0 Å². The highest BCUT2D eigenvalue weighted by atomic mass is 16.5. The molecule has 1 saturated heterocycles. The predicted octanol–water partition coefficient (Wildman–Crippen LogP) is 4.87. The number of esters is 1. The highest BCUT2D eigenvalue weighted by Gasteiger charge is 2.45. The molecule has 2 rings (SSSR count). The van der Waals surface area contributed by atoms with E-state index in [0.717, 1.165) is 34.6 Å². The number of hydrogen-bond donors (Lipinski definition) is 0. The van der Waals surface area contributed by atoms with Gasteiger partial charge in [-0.3, -0.25) is 14.5 Å². The fraction of sp³-hybridized carbons (Fsp3) is 0.615. The molecular formula is C26H38N2O5. The van der Waals surface area contributed by atoms with Crippen molar-refractivity contribution < 1.29 is 23.9 Å². The smallest absolute Gasteiger partial charge is 0.334 e. The Morgan fingerprint density at radius 3 is 2.06 bits per heavy atom. The van der Waals surface area contributed by atoms with E-state index in [9.17, 15) is 19.2 Å². The molecule has 0 saturated carbocycles. The molecule has 4 amide bonds.